The molecule has 0 spiro atoms. The van der Waals surface area contributed by atoms with Crippen LogP contribution in [-0.4, -0.2) is 28.4 Å². The molecule has 0 saturated carbocycles. The molecule has 11 aromatic rings. The molecule has 2 aromatic heterocycles. The minimum absolute atomic E-state index is 0.779. The molecule has 2 heterocycles. The molecule has 302 valence electrons. The lowest BCUT2D eigenvalue weighted by molar-refractivity contribution is 0.414. The van der Waals surface area contributed by atoms with E-state index in [4.69, 9.17) is 27.8 Å². The number of methoxy groups -OCH3 is 4. The first-order valence-corrected chi connectivity index (χ1v) is 20.3. The average molecular weight is 813 g/mol. The molecule has 0 atom stereocenters. The Kier molecular flexibility index (Phi) is 8.86. The smallest absolute Gasteiger partial charge is 0.147 e. The number of nitrogens with zero attached hydrogens (tertiary/aromatic N) is 2. The van der Waals surface area contributed by atoms with Gasteiger partial charge in [-0.25, -0.2) is 0 Å². The highest BCUT2D eigenvalue weighted by molar-refractivity contribution is 6.24. The molecule has 0 radical (unpaired) electrons. The third-order valence-electron chi connectivity index (χ3n) is 11.8. The van der Waals surface area contributed by atoms with Gasteiger partial charge in [0, 0.05) is 50.3 Å². The fourth-order valence-electron chi connectivity index (χ4n) is 8.65. The van der Waals surface area contributed by atoms with Crippen molar-refractivity contribution >= 4 is 99.5 Å². The predicted molar refractivity (Wildman–Crippen MR) is 252 cm³/mol. The standard InChI is InChI=1S/C54H40N2O6/c1-57-43-17-9-37(10-18-43)55(38-11-19-44(58-2)20-12-38)41-7-5-33-29-48-47-25-26-50-53(54(47)62-51(48)31-35(33)27-41)49-30-34-6-8-42(28-36(34)32-52(49)61-50)56(39-13-21-45(59-3)22-14-39)40-15-23-46(60-4)24-16-40/h5-32H,1-4H3. The van der Waals surface area contributed by atoms with Gasteiger partial charge in [-0.1, -0.05) is 12.1 Å². The van der Waals surface area contributed by atoms with E-state index < -0.39 is 0 Å². The molecule has 8 heteroatoms. The van der Waals surface area contributed by atoms with Gasteiger partial charge in [0.05, 0.1) is 33.8 Å². The lowest BCUT2D eigenvalue weighted by Crippen LogP contribution is -2.09. The molecule has 0 fully saturated rings. The van der Waals surface area contributed by atoms with E-state index in [1.54, 1.807) is 28.4 Å². The lowest BCUT2D eigenvalue weighted by Gasteiger charge is -2.26. The summed E-state index contributed by atoms with van der Waals surface area (Å²) in [6.07, 6.45) is 0. The number of anilines is 6. The van der Waals surface area contributed by atoms with Gasteiger partial charge in [-0.15, -0.1) is 0 Å². The minimum atomic E-state index is 0.779. The number of ether oxygens (including phenoxy) is 4. The van der Waals surface area contributed by atoms with Gasteiger partial charge in [0.25, 0.3) is 0 Å². The number of rotatable bonds is 10. The first-order valence-electron chi connectivity index (χ1n) is 20.3. The molecular formula is C54H40N2O6. The van der Waals surface area contributed by atoms with Crippen LogP contribution in [0.3, 0.4) is 0 Å². The van der Waals surface area contributed by atoms with E-state index in [0.29, 0.717) is 0 Å². The molecule has 11 rings (SSSR count). The quantitative estimate of drug-likeness (QED) is 0.135. The Bertz CT molecular complexity index is 3350. The van der Waals surface area contributed by atoms with Crippen LogP contribution >= 0.6 is 0 Å². The SMILES string of the molecule is COc1ccc(N(c2ccc(OC)cc2)c2ccc3cc4c(cc3c2)oc2c4ccc3oc4cc5cc(N(c6ccc(OC)cc6)c6ccc(OC)cc6)ccc5cc4c32)cc1. The van der Waals surface area contributed by atoms with Crippen LogP contribution in [0.15, 0.2) is 179 Å². The number of benzene rings is 9. The molecule has 0 aliphatic heterocycles. The van der Waals surface area contributed by atoms with Gasteiger partial charge in [0.1, 0.15) is 45.3 Å². The molecule has 62 heavy (non-hydrogen) atoms. The van der Waals surface area contributed by atoms with Crippen LogP contribution in [0.5, 0.6) is 23.0 Å². The summed E-state index contributed by atoms with van der Waals surface area (Å²) >= 11 is 0. The van der Waals surface area contributed by atoms with Crippen LogP contribution in [0.2, 0.25) is 0 Å². The van der Waals surface area contributed by atoms with Crippen molar-refractivity contribution in [3.05, 3.63) is 170 Å². The van der Waals surface area contributed by atoms with Gasteiger partial charge >= 0.3 is 0 Å². The van der Waals surface area contributed by atoms with Crippen LogP contribution in [-0.2, 0) is 0 Å². The Morgan fingerprint density at radius 2 is 0.694 bits per heavy atom. The average Bonchev–Trinajstić information content (AvgIpc) is 3.88. The summed E-state index contributed by atoms with van der Waals surface area (Å²) in [5.74, 6) is 3.20. The first kappa shape index (κ1) is 36.9. The Labute approximate surface area is 357 Å². The Morgan fingerprint density at radius 3 is 1.11 bits per heavy atom. The lowest BCUT2D eigenvalue weighted by atomic mass is 10.0. The molecule has 0 aliphatic carbocycles. The van der Waals surface area contributed by atoms with Gasteiger partial charge in [-0.2, -0.15) is 0 Å². The molecular weight excluding hydrogens is 773 g/mol. The number of hydrogen-bond donors (Lipinski definition) is 0. The van der Waals surface area contributed by atoms with Crippen molar-refractivity contribution in [2.75, 3.05) is 38.2 Å². The molecule has 0 amide bonds. The van der Waals surface area contributed by atoms with E-state index in [9.17, 15) is 0 Å². The Morgan fingerprint density at radius 1 is 0.306 bits per heavy atom. The predicted octanol–water partition coefficient (Wildman–Crippen LogP) is 14.8. The highest BCUT2D eigenvalue weighted by atomic mass is 16.5. The summed E-state index contributed by atoms with van der Waals surface area (Å²) < 4.78 is 35.3. The molecule has 0 saturated heterocycles. The normalized spacial score (nSPS) is 11.5. The zero-order valence-corrected chi connectivity index (χ0v) is 34.5. The summed E-state index contributed by atoms with van der Waals surface area (Å²) in [6.45, 7) is 0. The van der Waals surface area contributed by atoms with Crippen molar-refractivity contribution in [1.29, 1.82) is 0 Å². The summed E-state index contributed by atoms with van der Waals surface area (Å²) in [7, 11) is 6.72. The molecule has 0 bridgehead atoms. The van der Waals surface area contributed by atoms with Gasteiger partial charge < -0.3 is 37.6 Å². The van der Waals surface area contributed by atoms with E-state index in [1.165, 1.54) is 0 Å². The summed E-state index contributed by atoms with van der Waals surface area (Å²) in [4.78, 5) is 4.45. The van der Waals surface area contributed by atoms with E-state index in [-0.39, 0.29) is 0 Å². The van der Waals surface area contributed by atoms with Crippen molar-refractivity contribution in [2.24, 2.45) is 0 Å². The molecule has 9 aromatic carbocycles. The van der Waals surface area contributed by atoms with Gasteiger partial charge in [0.2, 0.25) is 0 Å². The van der Waals surface area contributed by atoms with Crippen molar-refractivity contribution in [2.45, 2.75) is 0 Å². The number of fused-ring (bicyclic) bond motifs is 9. The van der Waals surface area contributed by atoms with Crippen LogP contribution in [0.4, 0.5) is 34.1 Å². The van der Waals surface area contributed by atoms with E-state index in [2.05, 4.69) is 131 Å². The summed E-state index contributed by atoms with van der Waals surface area (Å²) in [6, 6.07) is 58.4. The zero-order valence-electron chi connectivity index (χ0n) is 34.5. The monoisotopic (exact) mass is 812 g/mol. The minimum Gasteiger partial charge on any atom is -0.497 e. The fraction of sp³-hybridized carbons (Fsp3) is 0.0741. The maximum atomic E-state index is 6.83. The number of hydrogen-bond acceptors (Lipinski definition) is 8. The second-order valence-corrected chi connectivity index (χ2v) is 15.2. The molecule has 8 nitrogen and oxygen atoms in total. The fourth-order valence-corrected chi connectivity index (χ4v) is 8.65. The maximum absolute atomic E-state index is 6.83. The summed E-state index contributed by atoms with van der Waals surface area (Å²) in [5.41, 5.74) is 9.24. The van der Waals surface area contributed by atoms with Gasteiger partial charge in [0.15, 0.2) is 0 Å². The Balaban J connectivity index is 1.01. The third-order valence-corrected chi connectivity index (χ3v) is 11.8. The zero-order chi connectivity index (χ0) is 41.9. The van der Waals surface area contributed by atoms with Crippen molar-refractivity contribution in [3.63, 3.8) is 0 Å². The second kappa shape index (κ2) is 14.9. The van der Waals surface area contributed by atoms with E-state index in [0.717, 1.165) is 123 Å². The number of furan rings is 2. The highest BCUT2D eigenvalue weighted by Gasteiger charge is 2.20. The van der Waals surface area contributed by atoms with E-state index in [1.807, 2.05) is 48.5 Å². The summed E-state index contributed by atoms with van der Waals surface area (Å²) in [5, 5.41) is 8.41. The first-order chi connectivity index (χ1) is 30.5. The van der Waals surface area contributed by atoms with Gasteiger partial charge in [-0.3, -0.25) is 0 Å². The largest absolute Gasteiger partial charge is 0.497 e. The topological polar surface area (TPSA) is 69.7 Å². The van der Waals surface area contributed by atoms with E-state index >= 15 is 0 Å². The Hall–Kier alpha value is -8.10. The van der Waals surface area contributed by atoms with Crippen molar-refractivity contribution < 1.29 is 27.8 Å². The van der Waals surface area contributed by atoms with Gasteiger partial charge in [-0.05, 0) is 179 Å². The van der Waals surface area contributed by atoms with Crippen LogP contribution in [0.25, 0.3) is 65.4 Å². The third kappa shape index (κ3) is 6.23. The molecule has 0 N–H and O–H groups in total. The molecule has 0 aliphatic rings. The van der Waals surface area contributed by atoms with Crippen molar-refractivity contribution in [3.8, 4) is 23.0 Å². The van der Waals surface area contributed by atoms with Crippen molar-refractivity contribution in [1.82, 2.24) is 0 Å². The van der Waals surface area contributed by atoms with Crippen LogP contribution < -0.4 is 28.7 Å². The van der Waals surface area contributed by atoms with Crippen LogP contribution in [0.1, 0.15) is 0 Å². The highest BCUT2D eigenvalue weighted by Crippen LogP contribution is 2.44. The second-order valence-electron chi connectivity index (χ2n) is 15.2. The molecule has 0 unspecified atom stereocenters. The van der Waals surface area contributed by atoms with Crippen LogP contribution in [0, 0.1) is 0 Å². The maximum Gasteiger partial charge on any atom is 0.147 e.